The predicted octanol–water partition coefficient (Wildman–Crippen LogP) is 4.31. The third-order valence-corrected chi connectivity index (χ3v) is 6.81. The molecule has 1 saturated carbocycles. The van der Waals surface area contributed by atoms with Gasteiger partial charge in [-0.15, -0.1) is 0 Å². The first kappa shape index (κ1) is 24.4. The van der Waals surface area contributed by atoms with Crippen LogP contribution in [0.2, 0.25) is 0 Å². The Morgan fingerprint density at radius 3 is 2.58 bits per heavy atom. The minimum Gasteiger partial charge on any atom is -0.463 e. The number of aliphatic hydroxyl groups is 1. The lowest BCUT2D eigenvalue weighted by atomic mass is 9.87. The summed E-state index contributed by atoms with van der Waals surface area (Å²) in [5.41, 5.74) is 0.930. The Labute approximate surface area is 187 Å². The molecule has 176 valence electrons. The van der Waals surface area contributed by atoms with Crippen molar-refractivity contribution < 1.29 is 28.8 Å². The van der Waals surface area contributed by atoms with E-state index in [1.807, 2.05) is 20.8 Å². The Balaban J connectivity index is 1.70. The van der Waals surface area contributed by atoms with Crippen molar-refractivity contribution in [3.63, 3.8) is 0 Å². The van der Waals surface area contributed by atoms with E-state index in [0.717, 1.165) is 37.7 Å². The lowest BCUT2D eigenvalue weighted by Gasteiger charge is -2.37. The van der Waals surface area contributed by atoms with Crippen molar-refractivity contribution in [2.75, 3.05) is 13.2 Å². The molecule has 0 bridgehead atoms. The fourth-order valence-electron chi connectivity index (χ4n) is 4.84. The van der Waals surface area contributed by atoms with Gasteiger partial charge < -0.3 is 24.1 Å². The first-order chi connectivity index (χ1) is 14.8. The van der Waals surface area contributed by atoms with Gasteiger partial charge >= 0.3 is 5.97 Å². The molecule has 2 heterocycles. The van der Waals surface area contributed by atoms with E-state index >= 15 is 0 Å². The highest BCUT2D eigenvalue weighted by atomic mass is 16.8. The van der Waals surface area contributed by atoms with E-state index in [9.17, 15) is 9.90 Å². The van der Waals surface area contributed by atoms with E-state index in [1.165, 1.54) is 6.42 Å². The molecule has 1 N–H and O–H groups in total. The zero-order valence-corrected chi connectivity index (χ0v) is 19.5. The molecule has 2 aliphatic heterocycles. The number of allylic oxidation sites excluding steroid dienone is 1. The summed E-state index contributed by atoms with van der Waals surface area (Å²) in [5.74, 6) is -0.453. The van der Waals surface area contributed by atoms with Crippen LogP contribution in [0.1, 0.15) is 72.6 Å². The number of hydrogen-bond donors (Lipinski definition) is 1. The molecule has 31 heavy (non-hydrogen) atoms. The second-order valence-corrected chi connectivity index (χ2v) is 9.48. The van der Waals surface area contributed by atoms with Crippen LogP contribution in [-0.4, -0.2) is 54.5 Å². The maximum Gasteiger partial charge on any atom is 0.330 e. The van der Waals surface area contributed by atoms with Crippen molar-refractivity contribution in [2.45, 2.75) is 103 Å². The maximum atomic E-state index is 11.8. The molecule has 6 heteroatoms. The largest absolute Gasteiger partial charge is 0.463 e. The molecule has 0 aromatic heterocycles. The predicted molar refractivity (Wildman–Crippen MR) is 118 cm³/mol. The molecule has 3 fully saturated rings. The lowest BCUT2D eigenvalue weighted by molar-refractivity contribution is -0.198. The number of aliphatic hydroxyl groups excluding tert-OH is 1. The quantitative estimate of drug-likeness (QED) is 0.347. The highest BCUT2D eigenvalue weighted by Gasteiger charge is 2.54. The van der Waals surface area contributed by atoms with Gasteiger partial charge in [-0.3, -0.25) is 0 Å². The number of esters is 1. The Morgan fingerprint density at radius 1 is 1.19 bits per heavy atom. The molecular weight excluding hydrogens is 396 g/mol. The topological polar surface area (TPSA) is 74.2 Å². The third-order valence-electron chi connectivity index (χ3n) is 6.81. The van der Waals surface area contributed by atoms with Crippen molar-refractivity contribution in [1.29, 1.82) is 0 Å². The molecule has 2 saturated heterocycles. The summed E-state index contributed by atoms with van der Waals surface area (Å²) in [4.78, 5) is 11.8. The molecule has 3 rings (SSSR count). The van der Waals surface area contributed by atoms with Crippen LogP contribution in [0.4, 0.5) is 0 Å². The number of carbonyl (C=O) groups is 1. The average molecular weight is 437 g/mol. The van der Waals surface area contributed by atoms with E-state index in [-0.39, 0.29) is 42.2 Å². The lowest BCUT2D eigenvalue weighted by Crippen LogP contribution is -2.48. The average Bonchev–Trinajstić information content (AvgIpc) is 3.09. The van der Waals surface area contributed by atoms with E-state index in [2.05, 4.69) is 12.2 Å². The van der Waals surface area contributed by atoms with Crippen LogP contribution in [0.5, 0.6) is 0 Å². The molecule has 0 unspecified atom stereocenters. The normalized spacial score (nSPS) is 32.7. The zero-order valence-electron chi connectivity index (χ0n) is 19.5. The Kier molecular flexibility index (Phi) is 8.74. The number of fused-ring (bicyclic) bond motifs is 1. The van der Waals surface area contributed by atoms with Gasteiger partial charge in [0.1, 0.15) is 6.10 Å². The van der Waals surface area contributed by atoms with Gasteiger partial charge in [0.25, 0.3) is 0 Å². The van der Waals surface area contributed by atoms with Gasteiger partial charge in [0.2, 0.25) is 0 Å². The van der Waals surface area contributed by atoms with E-state index < -0.39 is 5.79 Å². The monoisotopic (exact) mass is 436 g/mol. The van der Waals surface area contributed by atoms with Crippen molar-refractivity contribution >= 4 is 5.97 Å². The van der Waals surface area contributed by atoms with E-state index in [0.29, 0.717) is 19.6 Å². The number of rotatable bonds is 8. The SMILES string of the molecule is CCOC(=O)/C=C(\C)C[C@@H]1OC[C@H](C/C=C\[C@@H](C)[C@H](C)O)[C@H]2OC3(CCCCC3)O[C@H]21. The summed E-state index contributed by atoms with van der Waals surface area (Å²) < 4.78 is 24.6. The molecule has 0 radical (unpaired) electrons. The second-order valence-electron chi connectivity index (χ2n) is 9.48. The van der Waals surface area contributed by atoms with Crippen LogP contribution < -0.4 is 0 Å². The summed E-state index contributed by atoms with van der Waals surface area (Å²) in [7, 11) is 0. The van der Waals surface area contributed by atoms with Crippen LogP contribution in [-0.2, 0) is 23.7 Å². The van der Waals surface area contributed by atoms with Gasteiger partial charge in [0.05, 0.1) is 31.5 Å². The summed E-state index contributed by atoms with van der Waals surface area (Å²) in [5, 5.41) is 9.73. The van der Waals surface area contributed by atoms with Crippen molar-refractivity contribution in [3.8, 4) is 0 Å². The van der Waals surface area contributed by atoms with Gasteiger partial charge in [-0.2, -0.15) is 0 Å². The molecular formula is C25H40O6. The molecule has 1 aliphatic carbocycles. The maximum absolute atomic E-state index is 11.8. The van der Waals surface area contributed by atoms with Gasteiger partial charge in [-0.05, 0) is 52.4 Å². The smallest absolute Gasteiger partial charge is 0.330 e. The second kappa shape index (κ2) is 11.1. The molecule has 0 aromatic rings. The molecule has 3 aliphatic rings. The summed E-state index contributed by atoms with van der Waals surface area (Å²) in [6.07, 6.45) is 12.0. The fourth-order valence-corrected chi connectivity index (χ4v) is 4.84. The van der Waals surface area contributed by atoms with Crippen molar-refractivity contribution in [1.82, 2.24) is 0 Å². The molecule has 0 amide bonds. The van der Waals surface area contributed by atoms with E-state index in [1.54, 1.807) is 13.0 Å². The van der Waals surface area contributed by atoms with Crippen LogP contribution in [0, 0.1) is 11.8 Å². The Hall–Kier alpha value is -1.21. The minimum atomic E-state index is -0.479. The number of ether oxygens (including phenoxy) is 4. The standard InChI is InChI=1S/C25H40O6/c1-5-28-22(27)15-17(2)14-21-24-23(30-25(31-24)12-7-6-8-13-25)20(16-29-21)11-9-10-18(3)19(4)26/h9-10,15,18-21,23-24,26H,5-8,11-14,16H2,1-4H3/b10-9-,17-15+/t18-,19+,20+,21+,23-,24+/m1/s1. The van der Waals surface area contributed by atoms with Crippen LogP contribution in [0.15, 0.2) is 23.8 Å². The highest BCUT2D eigenvalue weighted by molar-refractivity contribution is 5.82. The Bertz CT molecular complexity index is 648. The first-order valence-corrected chi connectivity index (χ1v) is 12.0. The minimum absolute atomic E-state index is 0.0150. The fraction of sp³-hybridized carbons (Fsp3) is 0.800. The van der Waals surface area contributed by atoms with Crippen LogP contribution >= 0.6 is 0 Å². The molecule has 0 aromatic carbocycles. The Morgan fingerprint density at radius 2 is 1.90 bits per heavy atom. The van der Waals surface area contributed by atoms with E-state index in [4.69, 9.17) is 18.9 Å². The van der Waals surface area contributed by atoms with Crippen molar-refractivity contribution in [2.24, 2.45) is 11.8 Å². The van der Waals surface area contributed by atoms with Crippen LogP contribution in [0.25, 0.3) is 0 Å². The molecule has 6 atom stereocenters. The van der Waals surface area contributed by atoms with Crippen molar-refractivity contribution in [3.05, 3.63) is 23.8 Å². The van der Waals surface area contributed by atoms with Crippen LogP contribution in [0.3, 0.4) is 0 Å². The van der Waals surface area contributed by atoms with Gasteiger partial charge in [-0.25, -0.2) is 4.79 Å². The molecule has 6 nitrogen and oxygen atoms in total. The summed E-state index contributed by atoms with van der Waals surface area (Å²) >= 11 is 0. The highest BCUT2D eigenvalue weighted by Crippen LogP contribution is 2.46. The molecule has 1 spiro atoms. The number of carbonyl (C=O) groups excluding carboxylic acids is 1. The zero-order chi connectivity index (χ0) is 22.4. The van der Waals surface area contributed by atoms with Gasteiger partial charge in [0.15, 0.2) is 5.79 Å². The summed E-state index contributed by atoms with van der Waals surface area (Å²) in [6.45, 7) is 8.54. The van der Waals surface area contributed by atoms with Gasteiger partial charge in [-0.1, -0.05) is 31.1 Å². The number of hydrogen-bond acceptors (Lipinski definition) is 6. The van der Waals surface area contributed by atoms with Gasteiger partial charge in [0, 0.05) is 24.8 Å². The third kappa shape index (κ3) is 6.41. The first-order valence-electron chi connectivity index (χ1n) is 12.0. The summed E-state index contributed by atoms with van der Waals surface area (Å²) in [6, 6.07) is 0.